The Morgan fingerprint density at radius 2 is 1.68 bits per heavy atom. The van der Waals surface area contributed by atoms with Crippen LogP contribution in [0.4, 0.5) is 0 Å². The van der Waals surface area contributed by atoms with Crippen LogP contribution < -0.4 is 14.8 Å². The van der Waals surface area contributed by atoms with Crippen LogP contribution in [-0.2, 0) is 6.42 Å². The summed E-state index contributed by atoms with van der Waals surface area (Å²) in [5, 5.41) is 3.63. The lowest BCUT2D eigenvalue weighted by atomic mass is 10.0. The molecule has 1 unspecified atom stereocenters. The average Bonchev–Trinajstić information content (AvgIpc) is 2.59. The van der Waals surface area contributed by atoms with Gasteiger partial charge in [-0.05, 0) is 42.6 Å². The number of methoxy groups -OCH3 is 2. The summed E-state index contributed by atoms with van der Waals surface area (Å²) in [6, 6.07) is 17.1. The fourth-order valence-corrected chi connectivity index (χ4v) is 2.61. The van der Waals surface area contributed by atoms with Gasteiger partial charge in [0.25, 0.3) is 0 Å². The van der Waals surface area contributed by atoms with Crippen molar-refractivity contribution in [2.45, 2.75) is 25.8 Å². The highest BCUT2D eigenvalue weighted by Gasteiger charge is 2.08. The largest absolute Gasteiger partial charge is 0.493 e. The Labute approximate surface area is 133 Å². The average molecular weight is 299 g/mol. The van der Waals surface area contributed by atoms with E-state index in [1.807, 2.05) is 12.1 Å². The highest BCUT2D eigenvalue weighted by atomic mass is 16.5. The van der Waals surface area contributed by atoms with Crippen molar-refractivity contribution >= 4 is 0 Å². The number of hydrogen-bond donors (Lipinski definition) is 1. The second-order valence-corrected chi connectivity index (χ2v) is 5.26. The maximum Gasteiger partial charge on any atom is 0.160 e. The summed E-state index contributed by atoms with van der Waals surface area (Å²) < 4.78 is 10.6. The minimum atomic E-state index is 0.404. The van der Waals surface area contributed by atoms with E-state index in [1.165, 1.54) is 11.1 Å². The molecule has 0 amide bonds. The summed E-state index contributed by atoms with van der Waals surface area (Å²) >= 11 is 0. The van der Waals surface area contributed by atoms with E-state index in [1.54, 1.807) is 14.2 Å². The van der Waals surface area contributed by atoms with Crippen LogP contribution in [0.3, 0.4) is 0 Å². The summed E-state index contributed by atoms with van der Waals surface area (Å²) in [4.78, 5) is 0. The minimum Gasteiger partial charge on any atom is -0.493 e. The second kappa shape index (κ2) is 8.44. The molecule has 2 rings (SSSR count). The molecule has 1 N–H and O–H groups in total. The molecule has 0 heterocycles. The lowest BCUT2D eigenvalue weighted by Gasteiger charge is -2.17. The Hall–Kier alpha value is -2.00. The molecule has 2 aromatic carbocycles. The van der Waals surface area contributed by atoms with E-state index in [4.69, 9.17) is 9.47 Å². The van der Waals surface area contributed by atoms with Crippen LogP contribution in [0.25, 0.3) is 0 Å². The molecule has 0 saturated heterocycles. The third kappa shape index (κ3) is 4.25. The first kappa shape index (κ1) is 16.4. The molecule has 22 heavy (non-hydrogen) atoms. The lowest BCUT2D eigenvalue weighted by Crippen LogP contribution is -2.23. The summed E-state index contributed by atoms with van der Waals surface area (Å²) in [5.74, 6) is 1.56. The van der Waals surface area contributed by atoms with Crippen molar-refractivity contribution in [3.63, 3.8) is 0 Å². The van der Waals surface area contributed by atoms with E-state index in [2.05, 4.69) is 48.6 Å². The molecule has 118 valence electrons. The molecule has 0 bridgehead atoms. The molecule has 0 spiro atoms. The van der Waals surface area contributed by atoms with Gasteiger partial charge in [-0.2, -0.15) is 0 Å². The summed E-state index contributed by atoms with van der Waals surface area (Å²) in [5.41, 5.74) is 2.59. The molecule has 3 heteroatoms. The van der Waals surface area contributed by atoms with Gasteiger partial charge in [0.05, 0.1) is 14.2 Å². The zero-order chi connectivity index (χ0) is 15.8. The van der Waals surface area contributed by atoms with Gasteiger partial charge in [0.1, 0.15) is 0 Å². The second-order valence-electron chi connectivity index (χ2n) is 5.26. The maximum absolute atomic E-state index is 5.35. The Balaban J connectivity index is 1.93. The van der Waals surface area contributed by atoms with Gasteiger partial charge >= 0.3 is 0 Å². The molecule has 0 aliphatic carbocycles. The van der Waals surface area contributed by atoms with Gasteiger partial charge in [0.2, 0.25) is 0 Å². The molecular weight excluding hydrogens is 274 g/mol. The van der Waals surface area contributed by atoms with Crippen molar-refractivity contribution in [2.75, 3.05) is 20.8 Å². The molecule has 3 nitrogen and oxygen atoms in total. The molecule has 0 saturated carbocycles. The predicted molar refractivity (Wildman–Crippen MR) is 90.7 cm³/mol. The van der Waals surface area contributed by atoms with Crippen molar-refractivity contribution in [3.8, 4) is 11.5 Å². The standard InChI is InChI=1S/C19H25NO2/c1-4-17(16-8-6-5-7-9-16)20-13-12-15-10-11-18(21-2)19(14-15)22-3/h5-11,14,17,20H,4,12-13H2,1-3H3. The SMILES string of the molecule is CCC(NCCc1ccc(OC)c(OC)c1)c1ccccc1. The molecule has 0 fully saturated rings. The monoisotopic (exact) mass is 299 g/mol. The topological polar surface area (TPSA) is 30.5 Å². The Morgan fingerprint density at radius 3 is 2.32 bits per heavy atom. The Bertz CT molecular complexity index is 569. The number of hydrogen-bond acceptors (Lipinski definition) is 3. The van der Waals surface area contributed by atoms with Crippen molar-refractivity contribution in [1.82, 2.24) is 5.32 Å². The molecule has 2 aromatic rings. The molecule has 0 aliphatic rings. The third-order valence-electron chi connectivity index (χ3n) is 3.86. The fourth-order valence-electron chi connectivity index (χ4n) is 2.61. The van der Waals surface area contributed by atoms with Gasteiger partial charge in [-0.25, -0.2) is 0 Å². The molecular formula is C19H25NO2. The van der Waals surface area contributed by atoms with Gasteiger partial charge in [-0.3, -0.25) is 0 Å². The first-order valence-corrected chi connectivity index (χ1v) is 7.77. The van der Waals surface area contributed by atoms with Crippen molar-refractivity contribution in [1.29, 1.82) is 0 Å². The highest BCUT2D eigenvalue weighted by Crippen LogP contribution is 2.27. The van der Waals surface area contributed by atoms with E-state index in [0.717, 1.165) is 30.9 Å². The van der Waals surface area contributed by atoms with Crippen molar-refractivity contribution in [3.05, 3.63) is 59.7 Å². The van der Waals surface area contributed by atoms with Gasteiger partial charge in [-0.1, -0.05) is 43.3 Å². The van der Waals surface area contributed by atoms with Gasteiger partial charge in [-0.15, -0.1) is 0 Å². The molecule has 0 radical (unpaired) electrons. The number of ether oxygens (including phenoxy) is 2. The van der Waals surface area contributed by atoms with E-state index >= 15 is 0 Å². The van der Waals surface area contributed by atoms with Gasteiger partial charge in [0, 0.05) is 6.04 Å². The van der Waals surface area contributed by atoms with Crippen molar-refractivity contribution < 1.29 is 9.47 Å². The fraction of sp³-hybridized carbons (Fsp3) is 0.368. The van der Waals surface area contributed by atoms with E-state index < -0.39 is 0 Å². The first-order valence-electron chi connectivity index (χ1n) is 7.77. The summed E-state index contributed by atoms with van der Waals surface area (Å²) in [7, 11) is 3.33. The minimum absolute atomic E-state index is 0.404. The third-order valence-corrected chi connectivity index (χ3v) is 3.86. The van der Waals surface area contributed by atoms with Crippen LogP contribution >= 0.6 is 0 Å². The quantitative estimate of drug-likeness (QED) is 0.799. The van der Waals surface area contributed by atoms with Gasteiger partial charge < -0.3 is 14.8 Å². The van der Waals surface area contributed by atoms with Crippen LogP contribution in [0.5, 0.6) is 11.5 Å². The lowest BCUT2D eigenvalue weighted by molar-refractivity contribution is 0.354. The van der Waals surface area contributed by atoms with E-state index in [0.29, 0.717) is 6.04 Å². The molecule has 0 aromatic heterocycles. The first-order chi connectivity index (χ1) is 10.8. The zero-order valence-corrected chi connectivity index (χ0v) is 13.6. The van der Waals surface area contributed by atoms with E-state index in [-0.39, 0.29) is 0 Å². The van der Waals surface area contributed by atoms with Crippen LogP contribution in [0.1, 0.15) is 30.5 Å². The number of nitrogens with one attached hydrogen (secondary N) is 1. The zero-order valence-electron chi connectivity index (χ0n) is 13.6. The Morgan fingerprint density at radius 1 is 0.955 bits per heavy atom. The van der Waals surface area contributed by atoms with Crippen molar-refractivity contribution in [2.24, 2.45) is 0 Å². The normalized spacial score (nSPS) is 12.0. The van der Waals surface area contributed by atoms with Crippen LogP contribution in [-0.4, -0.2) is 20.8 Å². The summed E-state index contributed by atoms with van der Waals surface area (Å²) in [6.45, 7) is 3.14. The summed E-state index contributed by atoms with van der Waals surface area (Å²) in [6.07, 6.45) is 2.04. The van der Waals surface area contributed by atoms with Crippen LogP contribution in [0, 0.1) is 0 Å². The Kier molecular flexibility index (Phi) is 6.28. The highest BCUT2D eigenvalue weighted by molar-refractivity contribution is 5.42. The number of benzene rings is 2. The van der Waals surface area contributed by atoms with E-state index in [9.17, 15) is 0 Å². The number of rotatable bonds is 8. The maximum atomic E-state index is 5.35. The molecule has 1 atom stereocenters. The van der Waals surface area contributed by atoms with Crippen LogP contribution in [0.15, 0.2) is 48.5 Å². The van der Waals surface area contributed by atoms with Crippen LogP contribution in [0.2, 0.25) is 0 Å². The molecule has 0 aliphatic heterocycles. The van der Waals surface area contributed by atoms with Gasteiger partial charge in [0.15, 0.2) is 11.5 Å². The smallest absolute Gasteiger partial charge is 0.160 e. The predicted octanol–water partition coefficient (Wildman–Crippen LogP) is 3.99.